The van der Waals surface area contributed by atoms with Crippen LogP contribution in [0.2, 0.25) is 0 Å². The van der Waals surface area contributed by atoms with E-state index in [1.807, 2.05) is 18.8 Å². The molecule has 0 atom stereocenters. The van der Waals surface area contributed by atoms with Gasteiger partial charge in [-0.1, -0.05) is 6.92 Å². The normalized spacial score (nSPS) is 10.2. The van der Waals surface area contributed by atoms with E-state index in [9.17, 15) is 0 Å². The van der Waals surface area contributed by atoms with Gasteiger partial charge in [-0.15, -0.1) is 0 Å². The predicted molar refractivity (Wildman–Crippen MR) is 49.8 cm³/mol. The maximum Gasteiger partial charge on any atom is 0.00585 e. The Morgan fingerprint density at radius 2 is 1.90 bits per heavy atom. The van der Waals surface area contributed by atoms with E-state index in [-0.39, 0.29) is 0 Å². The van der Waals surface area contributed by atoms with E-state index in [1.165, 1.54) is 11.5 Å². The van der Waals surface area contributed by atoms with Crippen LogP contribution in [0.5, 0.6) is 0 Å². The molecule has 0 bridgehead atoms. The summed E-state index contributed by atoms with van der Waals surface area (Å²) in [6.45, 7) is 5.49. The summed E-state index contributed by atoms with van der Waals surface area (Å²) in [4.78, 5) is 0. The van der Waals surface area contributed by atoms with Gasteiger partial charge in [-0.3, -0.25) is 0 Å². The van der Waals surface area contributed by atoms with Crippen LogP contribution in [0.25, 0.3) is 0 Å². The summed E-state index contributed by atoms with van der Waals surface area (Å²) in [5.74, 6) is 2.46. The van der Waals surface area contributed by atoms with Gasteiger partial charge in [-0.05, 0) is 13.6 Å². The molecule has 0 aliphatic heterocycles. The molecule has 0 saturated carbocycles. The zero-order valence-corrected chi connectivity index (χ0v) is 7.76. The SMILES string of the molecule is CCNCCSCCNC. The van der Waals surface area contributed by atoms with Gasteiger partial charge in [-0.25, -0.2) is 0 Å². The zero-order valence-electron chi connectivity index (χ0n) is 6.94. The summed E-state index contributed by atoms with van der Waals surface area (Å²) < 4.78 is 0. The molecule has 0 spiro atoms. The minimum absolute atomic E-state index is 1.09. The summed E-state index contributed by atoms with van der Waals surface area (Å²) in [6, 6.07) is 0. The molecule has 2 N–H and O–H groups in total. The minimum atomic E-state index is 1.09. The Balaban J connectivity index is 2.65. The van der Waals surface area contributed by atoms with Gasteiger partial charge in [0, 0.05) is 24.6 Å². The van der Waals surface area contributed by atoms with Crippen LogP contribution in [-0.2, 0) is 0 Å². The van der Waals surface area contributed by atoms with Crippen LogP contribution in [0, 0.1) is 0 Å². The van der Waals surface area contributed by atoms with Crippen molar-refractivity contribution < 1.29 is 0 Å². The quantitative estimate of drug-likeness (QED) is 0.535. The van der Waals surface area contributed by atoms with Crippen LogP contribution in [-0.4, -0.2) is 38.2 Å². The van der Waals surface area contributed by atoms with Gasteiger partial charge < -0.3 is 10.6 Å². The van der Waals surface area contributed by atoms with E-state index in [4.69, 9.17) is 0 Å². The maximum absolute atomic E-state index is 3.28. The number of hydrogen-bond donors (Lipinski definition) is 2. The number of hydrogen-bond acceptors (Lipinski definition) is 3. The highest BCUT2D eigenvalue weighted by molar-refractivity contribution is 7.99. The summed E-state index contributed by atoms with van der Waals surface area (Å²) in [5, 5.41) is 6.40. The topological polar surface area (TPSA) is 24.1 Å². The molecule has 2 nitrogen and oxygen atoms in total. The van der Waals surface area contributed by atoms with E-state index in [1.54, 1.807) is 0 Å². The second-order valence-corrected chi connectivity index (χ2v) is 3.29. The molecule has 0 amide bonds. The first-order valence-corrected chi connectivity index (χ1v) is 5.00. The molecule has 10 heavy (non-hydrogen) atoms. The molecule has 3 heteroatoms. The molecule has 0 heterocycles. The van der Waals surface area contributed by atoms with Crippen LogP contribution in [0.15, 0.2) is 0 Å². The fraction of sp³-hybridized carbons (Fsp3) is 1.00. The molecule has 0 fully saturated rings. The van der Waals surface area contributed by atoms with Crippen molar-refractivity contribution in [3.05, 3.63) is 0 Å². The fourth-order valence-corrected chi connectivity index (χ4v) is 1.44. The van der Waals surface area contributed by atoms with Gasteiger partial charge in [0.2, 0.25) is 0 Å². The van der Waals surface area contributed by atoms with E-state index in [2.05, 4.69) is 17.6 Å². The van der Waals surface area contributed by atoms with Crippen LogP contribution in [0.3, 0.4) is 0 Å². The third kappa shape index (κ3) is 8.27. The second-order valence-electron chi connectivity index (χ2n) is 2.07. The van der Waals surface area contributed by atoms with Crippen molar-refractivity contribution >= 4 is 11.8 Å². The Kier molecular flexibility index (Phi) is 9.52. The summed E-state index contributed by atoms with van der Waals surface area (Å²) >= 11 is 1.99. The molecule has 0 aromatic heterocycles. The molecular formula is C7H18N2S. The Morgan fingerprint density at radius 3 is 2.50 bits per heavy atom. The average molecular weight is 162 g/mol. The summed E-state index contributed by atoms with van der Waals surface area (Å²) in [7, 11) is 1.99. The highest BCUT2D eigenvalue weighted by Gasteiger charge is 1.85. The molecule has 0 aromatic carbocycles. The minimum Gasteiger partial charge on any atom is -0.319 e. The predicted octanol–water partition coefficient (Wildman–Crippen LogP) is 0.548. The van der Waals surface area contributed by atoms with Crippen LogP contribution < -0.4 is 10.6 Å². The van der Waals surface area contributed by atoms with E-state index >= 15 is 0 Å². The second kappa shape index (κ2) is 9.27. The highest BCUT2D eigenvalue weighted by Crippen LogP contribution is 1.95. The lowest BCUT2D eigenvalue weighted by molar-refractivity contribution is 0.767. The zero-order chi connectivity index (χ0) is 7.66. The smallest absolute Gasteiger partial charge is 0.00585 e. The molecule has 0 aliphatic rings. The first kappa shape index (κ1) is 10.3. The van der Waals surface area contributed by atoms with Crippen molar-refractivity contribution in [2.45, 2.75) is 6.92 Å². The Bertz CT molecular complexity index is 51.6. The Morgan fingerprint density at radius 1 is 1.20 bits per heavy atom. The van der Waals surface area contributed by atoms with Gasteiger partial charge in [0.25, 0.3) is 0 Å². The van der Waals surface area contributed by atoms with Gasteiger partial charge in [0.1, 0.15) is 0 Å². The van der Waals surface area contributed by atoms with Crippen molar-refractivity contribution in [2.24, 2.45) is 0 Å². The largest absolute Gasteiger partial charge is 0.319 e. The molecule has 0 aliphatic carbocycles. The lowest BCUT2D eigenvalue weighted by Gasteiger charge is -2.00. The molecular weight excluding hydrogens is 144 g/mol. The number of rotatable bonds is 7. The fourth-order valence-electron chi connectivity index (χ4n) is 0.597. The van der Waals surface area contributed by atoms with E-state index in [0.717, 1.165) is 19.6 Å². The molecule has 0 rings (SSSR count). The third-order valence-electron chi connectivity index (χ3n) is 1.17. The lowest BCUT2D eigenvalue weighted by Crippen LogP contribution is -2.17. The van der Waals surface area contributed by atoms with Crippen molar-refractivity contribution in [1.82, 2.24) is 10.6 Å². The number of nitrogens with one attached hydrogen (secondary N) is 2. The maximum atomic E-state index is 3.28. The van der Waals surface area contributed by atoms with Crippen LogP contribution >= 0.6 is 11.8 Å². The summed E-state index contributed by atoms with van der Waals surface area (Å²) in [5.41, 5.74) is 0. The van der Waals surface area contributed by atoms with Crippen LogP contribution in [0.1, 0.15) is 6.92 Å². The standard InChI is InChI=1S/C7H18N2S/c1-3-9-5-7-10-6-4-8-2/h8-9H,3-7H2,1-2H3. The summed E-state index contributed by atoms with van der Waals surface area (Å²) in [6.07, 6.45) is 0. The molecule has 62 valence electrons. The Hall–Kier alpha value is 0.270. The van der Waals surface area contributed by atoms with E-state index in [0.29, 0.717) is 0 Å². The molecule has 0 aromatic rings. The number of thioether (sulfide) groups is 1. The third-order valence-corrected chi connectivity index (χ3v) is 2.16. The van der Waals surface area contributed by atoms with Crippen molar-refractivity contribution in [3.8, 4) is 0 Å². The first-order valence-electron chi connectivity index (χ1n) is 3.85. The van der Waals surface area contributed by atoms with Crippen LogP contribution in [0.4, 0.5) is 0 Å². The average Bonchev–Trinajstić information content (AvgIpc) is 1.97. The Labute approximate surface area is 68.2 Å². The van der Waals surface area contributed by atoms with Gasteiger partial charge in [-0.2, -0.15) is 11.8 Å². The van der Waals surface area contributed by atoms with Gasteiger partial charge >= 0.3 is 0 Å². The van der Waals surface area contributed by atoms with E-state index < -0.39 is 0 Å². The van der Waals surface area contributed by atoms with Crippen molar-refractivity contribution in [2.75, 3.05) is 38.2 Å². The van der Waals surface area contributed by atoms with Crippen molar-refractivity contribution in [3.63, 3.8) is 0 Å². The highest BCUT2D eigenvalue weighted by atomic mass is 32.2. The monoisotopic (exact) mass is 162 g/mol. The lowest BCUT2D eigenvalue weighted by atomic mass is 10.7. The molecule has 0 unspecified atom stereocenters. The molecule has 0 radical (unpaired) electrons. The first-order chi connectivity index (χ1) is 4.91. The van der Waals surface area contributed by atoms with Gasteiger partial charge in [0.15, 0.2) is 0 Å². The van der Waals surface area contributed by atoms with Crippen molar-refractivity contribution in [1.29, 1.82) is 0 Å². The van der Waals surface area contributed by atoms with Gasteiger partial charge in [0.05, 0.1) is 0 Å². The molecule has 0 saturated heterocycles.